The number of alkyl halides is 1. The van der Waals surface area contributed by atoms with Gasteiger partial charge in [0, 0.05) is 31.1 Å². The van der Waals surface area contributed by atoms with E-state index in [1.807, 2.05) is 26.0 Å². The average molecular weight is 272 g/mol. The number of nitrogens with zero attached hydrogens (tertiary/aromatic N) is 1. The molecule has 0 amide bonds. The quantitative estimate of drug-likeness (QED) is 0.784. The van der Waals surface area contributed by atoms with E-state index in [0.717, 1.165) is 18.7 Å². The van der Waals surface area contributed by atoms with E-state index >= 15 is 0 Å². The second-order valence-corrected chi connectivity index (χ2v) is 5.72. The highest BCUT2D eigenvalue weighted by atomic mass is 35.5. The Kier molecular flexibility index (Phi) is 4.25. The van der Waals surface area contributed by atoms with Crippen molar-refractivity contribution in [2.45, 2.75) is 32.1 Å². The number of ether oxygens (including phenoxy) is 1. The topological polar surface area (TPSA) is 12.5 Å². The lowest BCUT2D eigenvalue weighted by molar-refractivity contribution is -0.129. The molecule has 100 valence electrons. The summed E-state index contributed by atoms with van der Waals surface area (Å²) in [5, 5.41) is 0. The highest BCUT2D eigenvalue weighted by Gasteiger charge is 2.33. The van der Waals surface area contributed by atoms with Crippen molar-refractivity contribution in [3.8, 4) is 0 Å². The van der Waals surface area contributed by atoms with Gasteiger partial charge in [0.15, 0.2) is 0 Å². The maximum Gasteiger partial charge on any atom is 0.127 e. The molecule has 0 radical (unpaired) electrons. The van der Waals surface area contributed by atoms with Crippen LogP contribution in [0.15, 0.2) is 24.3 Å². The first-order valence-electron chi connectivity index (χ1n) is 6.20. The summed E-state index contributed by atoms with van der Waals surface area (Å²) in [6.45, 7) is 6.23. The van der Waals surface area contributed by atoms with E-state index in [1.54, 1.807) is 6.07 Å². The van der Waals surface area contributed by atoms with Gasteiger partial charge in [0.05, 0.1) is 11.7 Å². The van der Waals surface area contributed by atoms with Crippen molar-refractivity contribution in [3.63, 3.8) is 0 Å². The first-order valence-corrected chi connectivity index (χ1v) is 6.73. The molecule has 0 aliphatic carbocycles. The normalized spacial score (nSPS) is 24.1. The van der Waals surface area contributed by atoms with Crippen molar-refractivity contribution >= 4 is 11.6 Å². The van der Waals surface area contributed by atoms with E-state index in [2.05, 4.69) is 4.90 Å². The van der Waals surface area contributed by atoms with Gasteiger partial charge in [-0.2, -0.15) is 0 Å². The first kappa shape index (κ1) is 13.8. The second-order valence-electron chi connectivity index (χ2n) is 5.41. The fourth-order valence-electron chi connectivity index (χ4n) is 2.49. The van der Waals surface area contributed by atoms with Crippen molar-refractivity contribution < 1.29 is 9.13 Å². The average Bonchev–Trinajstić information content (AvgIpc) is 2.30. The lowest BCUT2D eigenvalue weighted by atomic mass is 10.0. The summed E-state index contributed by atoms with van der Waals surface area (Å²) >= 11 is 5.88. The van der Waals surface area contributed by atoms with Crippen LogP contribution in [0, 0.1) is 5.82 Å². The standard InChI is InChI=1S/C14H19ClFNO/c1-14(2)10-17(9-12(7-15)18-14)8-11-5-3-4-6-13(11)16/h3-6,12H,7-10H2,1-2H3. The molecule has 1 unspecified atom stereocenters. The van der Waals surface area contributed by atoms with Crippen LogP contribution < -0.4 is 0 Å². The fraction of sp³-hybridized carbons (Fsp3) is 0.571. The number of hydrogen-bond acceptors (Lipinski definition) is 2. The lowest BCUT2D eigenvalue weighted by Gasteiger charge is -2.42. The summed E-state index contributed by atoms with van der Waals surface area (Å²) in [7, 11) is 0. The van der Waals surface area contributed by atoms with Crippen LogP contribution in [0.3, 0.4) is 0 Å². The minimum atomic E-state index is -0.233. The molecule has 0 aromatic heterocycles. The monoisotopic (exact) mass is 271 g/mol. The van der Waals surface area contributed by atoms with E-state index in [1.165, 1.54) is 6.07 Å². The Hall–Kier alpha value is -0.640. The van der Waals surface area contributed by atoms with Gasteiger partial charge in [-0.05, 0) is 19.9 Å². The maximum atomic E-state index is 13.6. The zero-order valence-corrected chi connectivity index (χ0v) is 11.6. The van der Waals surface area contributed by atoms with E-state index in [4.69, 9.17) is 16.3 Å². The van der Waals surface area contributed by atoms with Crippen molar-refractivity contribution in [2.75, 3.05) is 19.0 Å². The van der Waals surface area contributed by atoms with Gasteiger partial charge in [0.2, 0.25) is 0 Å². The predicted octanol–water partition coefficient (Wildman–Crippen LogP) is 3.04. The van der Waals surface area contributed by atoms with Crippen LogP contribution in [0.4, 0.5) is 4.39 Å². The van der Waals surface area contributed by atoms with Gasteiger partial charge in [-0.25, -0.2) is 4.39 Å². The summed E-state index contributed by atoms with van der Waals surface area (Å²) in [5.74, 6) is 0.321. The van der Waals surface area contributed by atoms with Crippen LogP contribution in [0.2, 0.25) is 0 Å². The van der Waals surface area contributed by atoms with E-state index in [9.17, 15) is 4.39 Å². The third-order valence-corrected chi connectivity index (χ3v) is 3.42. The van der Waals surface area contributed by atoms with Gasteiger partial charge in [0.25, 0.3) is 0 Å². The van der Waals surface area contributed by atoms with Crippen LogP contribution >= 0.6 is 11.6 Å². The second kappa shape index (κ2) is 5.55. The van der Waals surface area contributed by atoms with Gasteiger partial charge in [0.1, 0.15) is 5.82 Å². The maximum absolute atomic E-state index is 13.6. The number of hydrogen-bond donors (Lipinski definition) is 0. The fourth-order valence-corrected chi connectivity index (χ4v) is 2.65. The molecule has 1 saturated heterocycles. The third kappa shape index (κ3) is 3.44. The van der Waals surface area contributed by atoms with Crippen molar-refractivity contribution in [2.24, 2.45) is 0 Å². The number of benzene rings is 1. The van der Waals surface area contributed by atoms with E-state index < -0.39 is 0 Å². The van der Waals surface area contributed by atoms with Crippen LogP contribution in [-0.4, -0.2) is 35.6 Å². The highest BCUT2D eigenvalue weighted by Crippen LogP contribution is 2.23. The molecule has 1 aliphatic rings. The summed E-state index contributed by atoms with van der Waals surface area (Å²) in [6.07, 6.45) is 0.0159. The molecule has 2 rings (SSSR count). The van der Waals surface area contributed by atoms with Crippen LogP contribution in [-0.2, 0) is 11.3 Å². The molecule has 0 saturated carbocycles. The molecule has 1 aliphatic heterocycles. The first-order chi connectivity index (χ1) is 8.50. The largest absolute Gasteiger partial charge is 0.368 e. The van der Waals surface area contributed by atoms with E-state index in [0.29, 0.717) is 12.4 Å². The third-order valence-electron chi connectivity index (χ3n) is 3.08. The van der Waals surface area contributed by atoms with Crippen LogP contribution in [0.5, 0.6) is 0 Å². The van der Waals surface area contributed by atoms with Crippen molar-refractivity contribution in [1.82, 2.24) is 4.90 Å². The predicted molar refractivity (Wildman–Crippen MR) is 71.3 cm³/mol. The zero-order valence-electron chi connectivity index (χ0n) is 10.8. The summed E-state index contributed by atoms with van der Waals surface area (Å²) < 4.78 is 19.5. The molecule has 1 aromatic carbocycles. The number of halogens is 2. The van der Waals surface area contributed by atoms with Gasteiger partial charge >= 0.3 is 0 Å². The molecule has 1 aromatic rings. The van der Waals surface area contributed by atoms with E-state index in [-0.39, 0.29) is 17.5 Å². The molecule has 0 N–H and O–H groups in total. The van der Waals surface area contributed by atoms with Gasteiger partial charge in [-0.1, -0.05) is 18.2 Å². The smallest absolute Gasteiger partial charge is 0.127 e. The molecule has 2 nitrogen and oxygen atoms in total. The lowest BCUT2D eigenvalue weighted by Crippen LogP contribution is -2.52. The van der Waals surface area contributed by atoms with Gasteiger partial charge < -0.3 is 4.74 Å². The van der Waals surface area contributed by atoms with Crippen molar-refractivity contribution in [1.29, 1.82) is 0 Å². The molecule has 4 heteroatoms. The van der Waals surface area contributed by atoms with Gasteiger partial charge in [-0.15, -0.1) is 11.6 Å². The Balaban J connectivity index is 2.07. The molecular formula is C14H19ClFNO. The SMILES string of the molecule is CC1(C)CN(Cc2ccccc2F)CC(CCl)O1. The Morgan fingerprint density at radius 1 is 1.44 bits per heavy atom. The summed E-state index contributed by atoms with van der Waals surface area (Å²) in [6, 6.07) is 6.90. The number of morpholine rings is 1. The summed E-state index contributed by atoms with van der Waals surface area (Å²) in [4.78, 5) is 2.20. The minimum absolute atomic E-state index is 0.0159. The van der Waals surface area contributed by atoms with Crippen LogP contribution in [0.25, 0.3) is 0 Å². The highest BCUT2D eigenvalue weighted by molar-refractivity contribution is 6.18. The molecule has 0 spiro atoms. The number of rotatable bonds is 3. The van der Waals surface area contributed by atoms with Crippen LogP contribution in [0.1, 0.15) is 19.4 Å². The Bertz CT molecular complexity index is 411. The van der Waals surface area contributed by atoms with Gasteiger partial charge in [-0.3, -0.25) is 4.90 Å². The summed E-state index contributed by atoms with van der Waals surface area (Å²) in [5.41, 5.74) is 0.492. The molecule has 18 heavy (non-hydrogen) atoms. The Labute approximate surface area is 113 Å². The molecule has 1 heterocycles. The molecule has 1 fully saturated rings. The molecule has 0 bridgehead atoms. The zero-order chi connectivity index (χ0) is 13.2. The minimum Gasteiger partial charge on any atom is -0.368 e. The molecule has 1 atom stereocenters. The van der Waals surface area contributed by atoms with Crippen molar-refractivity contribution in [3.05, 3.63) is 35.6 Å². The Morgan fingerprint density at radius 3 is 2.83 bits per heavy atom. The Morgan fingerprint density at radius 2 is 2.17 bits per heavy atom. The molecular weight excluding hydrogens is 253 g/mol.